The summed E-state index contributed by atoms with van der Waals surface area (Å²) in [7, 11) is 1.76. The van der Waals surface area contributed by atoms with Gasteiger partial charge in [-0.2, -0.15) is 0 Å². The molecule has 28 heavy (non-hydrogen) atoms. The van der Waals surface area contributed by atoms with E-state index in [-0.39, 0.29) is 0 Å². The van der Waals surface area contributed by atoms with Crippen LogP contribution in [0.4, 0.5) is 4.39 Å². The van der Waals surface area contributed by atoms with Crippen molar-refractivity contribution in [2.24, 2.45) is 17.8 Å². The second-order valence-electron chi connectivity index (χ2n) is 9.30. The van der Waals surface area contributed by atoms with E-state index in [0.717, 1.165) is 30.1 Å². The molecule has 0 N–H and O–H groups in total. The fraction of sp³-hybridized carbons (Fsp3) is 0.692. The number of allylic oxidation sites excluding steroid dienone is 1. The quantitative estimate of drug-likeness (QED) is 0.418. The van der Waals surface area contributed by atoms with Crippen molar-refractivity contribution in [1.82, 2.24) is 0 Å². The predicted molar refractivity (Wildman–Crippen MR) is 116 cm³/mol. The van der Waals surface area contributed by atoms with Crippen LogP contribution in [0, 0.1) is 17.8 Å². The van der Waals surface area contributed by atoms with Crippen LogP contribution >= 0.6 is 0 Å². The van der Waals surface area contributed by atoms with E-state index in [2.05, 4.69) is 24.3 Å². The Morgan fingerprint density at radius 1 is 0.821 bits per heavy atom. The average Bonchev–Trinajstić information content (AvgIpc) is 2.75. The zero-order chi connectivity index (χ0) is 19.6. The minimum Gasteiger partial charge on any atom is -0.380 e. The van der Waals surface area contributed by atoms with Gasteiger partial charge in [0.2, 0.25) is 0 Å². The van der Waals surface area contributed by atoms with E-state index in [1.165, 1.54) is 81.8 Å². The molecule has 3 rings (SSSR count). The molecule has 0 bridgehead atoms. The minimum atomic E-state index is 0.705. The average molecular weight is 387 g/mol. The Hall–Kier alpha value is -1.15. The Labute approximate surface area is 171 Å². The molecular weight excluding hydrogens is 347 g/mol. The number of hydrogen-bond acceptors (Lipinski definition) is 1. The summed E-state index contributed by atoms with van der Waals surface area (Å²) in [5.74, 6) is 3.52. The molecule has 2 heteroatoms. The molecule has 0 heterocycles. The lowest BCUT2D eigenvalue weighted by molar-refractivity contribution is 0.185. The van der Waals surface area contributed by atoms with Gasteiger partial charge in [0, 0.05) is 7.11 Å². The van der Waals surface area contributed by atoms with E-state index in [9.17, 15) is 4.39 Å². The molecule has 0 aromatic heterocycles. The molecule has 2 aliphatic rings. The van der Waals surface area contributed by atoms with Crippen molar-refractivity contribution in [2.75, 3.05) is 7.11 Å². The van der Waals surface area contributed by atoms with Crippen LogP contribution in [0.3, 0.4) is 0 Å². The van der Waals surface area contributed by atoms with Crippen molar-refractivity contribution in [1.29, 1.82) is 0 Å². The summed E-state index contributed by atoms with van der Waals surface area (Å²) in [6.45, 7) is 0.712. The third-order valence-corrected chi connectivity index (χ3v) is 7.39. The molecule has 2 saturated carbocycles. The highest BCUT2D eigenvalue weighted by atomic mass is 19.1. The summed E-state index contributed by atoms with van der Waals surface area (Å²) in [6.07, 6.45) is 18.5. The summed E-state index contributed by atoms with van der Waals surface area (Å²) in [5.41, 5.74) is 2.80. The highest BCUT2D eigenvalue weighted by Crippen LogP contribution is 2.40. The van der Waals surface area contributed by atoms with Crippen LogP contribution in [-0.2, 0) is 11.3 Å². The van der Waals surface area contributed by atoms with Gasteiger partial charge in [0.15, 0.2) is 0 Å². The van der Waals surface area contributed by atoms with Crippen LogP contribution in [0.2, 0.25) is 0 Å². The van der Waals surface area contributed by atoms with Gasteiger partial charge >= 0.3 is 0 Å². The molecule has 1 aromatic rings. The SMILES string of the molecule is COCc1ccc(C2CCC(CCC3CCC(CCC=CF)CC3)CC2)cc1. The molecule has 0 saturated heterocycles. The first-order chi connectivity index (χ1) is 13.8. The Kier molecular flexibility index (Phi) is 9.05. The number of benzene rings is 1. The molecule has 2 aliphatic carbocycles. The van der Waals surface area contributed by atoms with Gasteiger partial charge < -0.3 is 4.74 Å². The lowest BCUT2D eigenvalue weighted by Crippen LogP contribution is -2.17. The first-order valence-corrected chi connectivity index (χ1v) is 11.6. The predicted octanol–water partition coefficient (Wildman–Crippen LogP) is 7.96. The molecule has 0 spiro atoms. The smallest absolute Gasteiger partial charge is 0.0827 e. The van der Waals surface area contributed by atoms with Crippen LogP contribution in [0.25, 0.3) is 0 Å². The molecule has 0 unspecified atom stereocenters. The Bertz CT molecular complexity index is 563. The van der Waals surface area contributed by atoms with Gasteiger partial charge in [0.05, 0.1) is 12.9 Å². The molecule has 0 atom stereocenters. The fourth-order valence-corrected chi connectivity index (χ4v) is 5.51. The Balaban J connectivity index is 1.32. The number of hydrogen-bond donors (Lipinski definition) is 0. The number of rotatable bonds is 9. The van der Waals surface area contributed by atoms with Gasteiger partial charge in [-0.15, -0.1) is 0 Å². The molecule has 0 amide bonds. The van der Waals surface area contributed by atoms with Gasteiger partial charge in [-0.05, 0) is 73.3 Å². The van der Waals surface area contributed by atoms with E-state index < -0.39 is 0 Å². The standard InChI is InChI=1S/C26H39FO/c1-28-20-24-13-17-26(18-14-24)25-15-11-23(12-16-25)10-9-22-7-5-21(6-8-22)4-2-3-19-27/h3,13-14,17-19,21-23,25H,2,4-12,15-16,20H2,1H3. The third kappa shape index (κ3) is 6.72. The Morgan fingerprint density at radius 3 is 1.89 bits per heavy atom. The van der Waals surface area contributed by atoms with Crippen molar-refractivity contribution in [2.45, 2.75) is 89.6 Å². The van der Waals surface area contributed by atoms with Crippen molar-refractivity contribution in [3.8, 4) is 0 Å². The maximum absolute atomic E-state index is 12.1. The van der Waals surface area contributed by atoms with Crippen LogP contribution in [0.5, 0.6) is 0 Å². The molecule has 1 nitrogen and oxygen atoms in total. The summed E-state index contributed by atoms with van der Waals surface area (Å²) in [4.78, 5) is 0. The number of halogens is 1. The van der Waals surface area contributed by atoms with Crippen LogP contribution in [0.15, 0.2) is 36.7 Å². The zero-order valence-electron chi connectivity index (χ0n) is 17.8. The number of methoxy groups -OCH3 is 1. The molecule has 2 fully saturated rings. The van der Waals surface area contributed by atoms with Gasteiger partial charge in [-0.25, -0.2) is 4.39 Å². The van der Waals surface area contributed by atoms with Crippen molar-refractivity contribution in [3.63, 3.8) is 0 Å². The molecule has 156 valence electrons. The fourth-order valence-electron chi connectivity index (χ4n) is 5.51. The minimum absolute atomic E-state index is 0.705. The van der Waals surface area contributed by atoms with E-state index in [0.29, 0.717) is 12.9 Å². The second kappa shape index (κ2) is 11.8. The summed E-state index contributed by atoms with van der Waals surface area (Å²) >= 11 is 0. The lowest BCUT2D eigenvalue weighted by atomic mass is 9.74. The van der Waals surface area contributed by atoms with Crippen molar-refractivity contribution >= 4 is 0 Å². The van der Waals surface area contributed by atoms with Crippen molar-refractivity contribution < 1.29 is 9.13 Å². The molecule has 0 radical (unpaired) electrons. The van der Waals surface area contributed by atoms with Gasteiger partial charge in [0.1, 0.15) is 0 Å². The largest absolute Gasteiger partial charge is 0.380 e. The monoisotopic (exact) mass is 386 g/mol. The zero-order valence-corrected chi connectivity index (χ0v) is 17.8. The number of ether oxygens (including phenoxy) is 1. The molecular formula is C26H39FO. The first-order valence-electron chi connectivity index (χ1n) is 11.6. The summed E-state index contributed by atoms with van der Waals surface area (Å²) in [5, 5.41) is 0. The third-order valence-electron chi connectivity index (χ3n) is 7.39. The van der Waals surface area contributed by atoms with E-state index >= 15 is 0 Å². The van der Waals surface area contributed by atoms with Crippen LogP contribution in [0.1, 0.15) is 94.1 Å². The van der Waals surface area contributed by atoms with Gasteiger partial charge in [0.25, 0.3) is 0 Å². The van der Waals surface area contributed by atoms with E-state index in [1.54, 1.807) is 13.2 Å². The summed E-state index contributed by atoms with van der Waals surface area (Å²) < 4.78 is 17.3. The van der Waals surface area contributed by atoms with E-state index in [1.807, 2.05) is 0 Å². The molecule has 1 aromatic carbocycles. The normalized spacial score (nSPS) is 28.6. The van der Waals surface area contributed by atoms with Crippen molar-refractivity contribution in [3.05, 3.63) is 47.8 Å². The molecule has 0 aliphatic heterocycles. The second-order valence-corrected chi connectivity index (χ2v) is 9.30. The maximum Gasteiger partial charge on any atom is 0.0827 e. The van der Waals surface area contributed by atoms with Crippen LogP contribution < -0.4 is 0 Å². The topological polar surface area (TPSA) is 9.23 Å². The summed E-state index contributed by atoms with van der Waals surface area (Å²) in [6, 6.07) is 9.10. The van der Waals surface area contributed by atoms with Gasteiger partial charge in [-0.3, -0.25) is 0 Å². The van der Waals surface area contributed by atoms with E-state index in [4.69, 9.17) is 4.74 Å². The lowest BCUT2D eigenvalue weighted by Gasteiger charge is -2.32. The highest BCUT2D eigenvalue weighted by Gasteiger charge is 2.25. The Morgan fingerprint density at radius 2 is 1.36 bits per heavy atom. The van der Waals surface area contributed by atoms with Crippen LogP contribution in [-0.4, -0.2) is 7.11 Å². The maximum atomic E-state index is 12.1. The van der Waals surface area contributed by atoms with Gasteiger partial charge in [-0.1, -0.05) is 68.9 Å². The first kappa shape index (κ1) is 21.6. The highest BCUT2D eigenvalue weighted by molar-refractivity contribution is 5.25.